The third kappa shape index (κ3) is 4.12. The van der Waals surface area contributed by atoms with Crippen LogP contribution in [0.25, 0.3) is 0 Å². The summed E-state index contributed by atoms with van der Waals surface area (Å²) in [5.41, 5.74) is 2.85. The van der Waals surface area contributed by atoms with Crippen LogP contribution in [0.3, 0.4) is 0 Å². The van der Waals surface area contributed by atoms with Crippen LogP contribution in [0.1, 0.15) is 5.56 Å². The Balaban J connectivity index is 1.73. The molecule has 26 heavy (non-hydrogen) atoms. The zero-order valence-corrected chi connectivity index (χ0v) is 15.2. The summed E-state index contributed by atoms with van der Waals surface area (Å²) in [6.07, 6.45) is 1.58. The van der Waals surface area contributed by atoms with Gasteiger partial charge in [0.2, 0.25) is 0 Å². The molecule has 0 saturated carbocycles. The standard InChI is InChI=1S/C19H19N3O3S/c1-14-5-3-4-6-18(14)21-15-7-12-19(20-13-15)22-26(23,24)17-10-8-16(25-2)9-11-17/h3-13,21H,1-2H3,(H,20,22). The van der Waals surface area contributed by atoms with E-state index in [2.05, 4.69) is 15.0 Å². The zero-order chi connectivity index (χ0) is 18.6. The van der Waals surface area contributed by atoms with Gasteiger partial charge in [-0.1, -0.05) is 18.2 Å². The summed E-state index contributed by atoms with van der Waals surface area (Å²) < 4.78 is 32.3. The molecule has 0 amide bonds. The average molecular weight is 369 g/mol. The lowest BCUT2D eigenvalue weighted by Crippen LogP contribution is -2.13. The summed E-state index contributed by atoms with van der Waals surface area (Å²) in [5.74, 6) is 0.838. The van der Waals surface area contributed by atoms with E-state index in [-0.39, 0.29) is 10.7 Å². The van der Waals surface area contributed by atoms with Crippen LogP contribution in [-0.4, -0.2) is 20.5 Å². The number of ether oxygens (including phenoxy) is 1. The lowest BCUT2D eigenvalue weighted by atomic mass is 10.2. The number of pyridine rings is 1. The van der Waals surface area contributed by atoms with Crippen molar-refractivity contribution in [2.24, 2.45) is 0 Å². The molecule has 1 heterocycles. The molecule has 0 aliphatic heterocycles. The molecule has 0 radical (unpaired) electrons. The van der Waals surface area contributed by atoms with Gasteiger partial charge in [0, 0.05) is 5.69 Å². The Hall–Kier alpha value is -3.06. The number of aromatic nitrogens is 1. The first-order chi connectivity index (χ1) is 12.5. The van der Waals surface area contributed by atoms with Crippen LogP contribution < -0.4 is 14.8 Å². The van der Waals surface area contributed by atoms with Crippen LogP contribution in [-0.2, 0) is 10.0 Å². The van der Waals surface area contributed by atoms with Gasteiger partial charge in [0.05, 0.1) is 23.9 Å². The number of methoxy groups -OCH3 is 1. The maximum absolute atomic E-state index is 12.4. The van der Waals surface area contributed by atoms with Crippen LogP contribution in [0.2, 0.25) is 0 Å². The fraction of sp³-hybridized carbons (Fsp3) is 0.105. The SMILES string of the molecule is COc1ccc(S(=O)(=O)Nc2ccc(Nc3ccccc3C)cn2)cc1. The maximum Gasteiger partial charge on any atom is 0.263 e. The molecule has 7 heteroatoms. The smallest absolute Gasteiger partial charge is 0.263 e. The minimum absolute atomic E-state index is 0.141. The Morgan fingerprint density at radius 3 is 2.31 bits per heavy atom. The van der Waals surface area contributed by atoms with Crippen LogP contribution in [0, 0.1) is 6.92 Å². The Bertz CT molecular complexity index is 985. The maximum atomic E-state index is 12.4. The molecule has 0 spiro atoms. The van der Waals surface area contributed by atoms with Gasteiger partial charge in [-0.05, 0) is 55.0 Å². The van der Waals surface area contributed by atoms with Crippen LogP contribution in [0.15, 0.2) is 71.8 Å². The molecule has 2 aromatic carbocycles. The minimum Gasteiger partial charge on any atom is -0.497 e. The summed E-state index contributed by atoms with van der Waals surface area (Å²) in [6, 6.07) is 17.4. The Morgan fingerprint density at radius 2 is 1.69 bits per heavy atom. The molecule has 3 aromatic rings. The molecule has 134 valence electrons. The largest absolute Gasteiger partial charge is 0.497 e. The van der Waals surface area contributed by atoms with Crippen molar-refractivity contribution in [2.45, 2.75) is 11.8 Å². The molecule has 0 aliphatic carbocycles. The fourth-order valence-electron chi connectivity index (χ4n) is 2.35. The first-order valence-electron chi connectivity index (χ1n) is 7.93. The first kappa shape index (κ1) is 17.8. The number of para-hydroxylation sites is 1. The normalized spacial score (nSPS) is 11.0. The fourth-order valence-corrected chi connectivity index (χ4v) is 3.36. The molecule has 0 unspecified atom stereocenters. The Morgan fingerprint density at radius 1 is 0.962 bits per heavy atom. The van der Waals surface area contributed by atoms with E-state index in [1.807, 2.05) is 31.2 Å². The molecular formula is C19H19N3O3S. The third-order valence-electron chi connectivity index (χ3n) is 3.80. The second-order valence-electron chi connectivity index (χ2n) is 5.65. The van der Waals surface area contributed by atoms with Gasteiger partial charge in [0.25, 0.3) is 10.0 Å². The molecule has 0 saturated heterocycles. The van der Waals surface area contributed by atoms with E-state index >= 15 is 0 Å². The summed E-state index contributed by atoms with van der Waals surface area (Å²) in [7, 11) is -2.18. The van der Waals surface area contributed by atoms with Crippen molar-refractivity contribution in [3.63, 3.8) is 0 Å². The number of aryl methyl sites for hydroxylation is 1. The quantitative estimate of drug-likeness (QED) is 0.688. The van der Waals surface area contributed by atoms with Gasteiger partial charge in [-0.3, -0.25) is 4.72 Å². The highest BCUT2D eigenvalue weighted by atomic mass is 32.2. The van der Waals surface area contributed by atoms with Gasteiger partial charge in [0.1, 0.15) is 11.6 Å². The monoisotopic (exact) mass is 369 g/mol. The minimum atomic E-state index is -3.71. The van der Waals surface area contributed by atoms with Gasteiger partial charge in [0.15, 0.2) is 0 Å². The van der Waals surface area contributed by atoms with Crippen LogP contribution in [0.4, 0.5) is 17.2 Å². The predicted molar refractivity (Wildman–Crippen MR) is 103 cm³/mol. The summed E-state index contributed by atoms with van der Waals surface area (Å²) in [4.78, 5) is 4.31. The molecular weight excluding hydrogens is 350 g/mol. The Kier molecular flexibility index (Phi) is 5.09. The van der Waals surface area contributed by atoms with E-state index < -0.39 is 10.0 Å². The van der Waals surface area contributed by atoms with Gasteiger partial charge in [-0.15, -0.1) is 0 Å². The highest BCUT2D eigenvalue weighted by molar-refractivity contribution is 7.92. The number of rotatable bonds is 6. The molecule has 1 aromatic heterocycles. The second-order valence-corrected chi connectivity index (χ2v) is 7.34. The second kappa shape index (κ2) is 7.45. The van der Waals surface area contributed by atoms with E-state index in [0.29, 0.717) is 5.75 Å². The van der Waals surface area contributed by atoms with Crippen LogP contribution >= 0.6 is 0 Å². The topological polar surface area (TPSA) is 80.3 Å². The molecule has 0 aliphatic rings. The number of anilines is 3. The summed E-state index contributed by atoms with van der Waals surface area (Å²) >= 11 is 0. The van der Waals surface area contributed by atoms with Crippen LogP contribution in [0.5, 0.6) is 5.75 Å². The van der Waals surface area contributed by atoms with Gasteiger partial charge in [-0.25, -0.2) is 13.4 Å². The summed E-state index contributed by atoms with van der Waals surface area (Å²) in [5, 5.41) is 3.25. The molecule has 0 atom stereocenters. The number of nitrogens with zero attached hydrogens (tertiary/aromatic N) is 1. The molecule has 0 fully saturated rings. The lowest BCUT2D eigenvalue weighted by Gasteiger charge is -2.11. The van der Waals surface area contributed by atoms with Crippen molar-refractivity contribution in [3.8, 4) is 5.75 Å². The predicted octanol–water partition coefficient (Wildman–Crippen LogP) is 3.94. The van der Waals surface area contributed by atoms with Gasteiger partial charge >= 0.3 is 0 Å². The van der Waals surface area contributed by atoms with Gasteiger partial charge < -0.3 is 10.1 Å². The highest BCUT2D eigenvalue weighted by Gasteiger charge is 2.14. The van der Waals surface area contributed by atoms with Crippen molar-refractivity contribution >= 4 is 27.2 Å². The molecule has 2 N–H and O–H groups in total. The van der Waals surface area contributed by atoms with E-state index in [1.54, 1.807) is 30.5 Å². The number of benzene rings is 2. The number of hydrogen-bond acceptors (Lipinski definition) is 5. The summed E-state index contributed by atoms with van der Waals surface area (Å²) in [6.45, 7) is 2.01. The molecule has 6 nitrogen and oxygen atoms in total. The zero-order valence-electron chi connectivity index (χ0n) is 14.4. The first-order valence-corrected chi connectivity index (χ1v) is 9.42. The van der Waals surface area contributed by atoms with Crippen molar-refractivity contribution in [1.82, 2.24) is 4.98 Å². The number of hydrogen-bond donors (Lipinski definition) is 2. The third-order valence-corrected chi connectivity index (χ3v) is 5.17. The van der Waals surface area contributed by atoms with Crippen molar-refractivity contribution in [3.05, 3.63) is 72.4 Å². The highest BCUT2D eigenvalue weighted by Crippen LogP contribution is 2.22. The average Bonchev–Trinajstić information content (AvgIpc) is 2.65. The number of sulfonamides is 1. The van der Waals surface area contributed by atoms with Gasteiger partial charge in [-0.2, -0.15) is 0 Å². The lowest BCUT2D eigenvalue weighted by molar-refractivity contribution is 0.414. The van der Waals surface area contributed by atoms with Crippen molar-refractivity contribution in [1.29, 1.82) is 0 Å². The van der Waals surface area contributed by atoms with E-state index in [1.165, 1.54) is 19.2 Å². The van der Waals surface area contributed by atoms with E-state index in [0.717, 1.165) is 16.9 Å². The number of nitrogens with one attached hydrogen (secondary N) is 2. The van der Waals surface area contributed by atoms with Crippen molar-refractivity contribution in [2.75, 3.05) is 17.1 Å². The van der Waals surface area contributed by atoms with E-state index in [9.17, 15) is 8.42 Å². The van der Waals surface area contributed by atoms with Crippen molar-refractivity contribution < 1.29 is 13.2 Å². The Labute approximate surface area is 152 Å². The van der Waals surface area contributed by atoms with E-state index in [4.69, 9.17) is 4.74 Å². The molecule has 3 rings (SSSR count). The molecule has 0 bridgehead atoms.